The van der Waals surface area contributed by atoms with Crippen LogP contribution in [0.4, 0.5) is 0 Å². The van der Waals surface area contributed by atoms with Crippen LogP contribution in [-0.2, 0) is 11.3 Å². The van der Waals surface area contributed by atoms with Crippen molar-refractivity contribution >= 4 is 12.1 Å². The molecule has 5 aliphatic rings. The minimum atomic E-state index is -0.572. The van der Waals surface area contributed by atoms with Crippen LogP contribution in [0.3, 0.4) is 0 Å². The van der Waals surface area contributed by atoms with Gasteiger partial charge in [-0.3, -0.25) is 14.7 Å². The number of aliphatic imine (C=N–C) groups is 1. The molecule has 3 heterocycles. The number of nitrogens with zero attached hydrogens (tertiary/aromatic N) is 2. The highest BCUT2D eigenvalue weighted by molar-refractivity contribution is 5.92. The molecule has 3 fully saturated rings. The van der Waals surface area contributed by atoms with Crippen molar-refractivity contribution in [1.82, 2.24) is 10.2 Å². The molecule has 5 unspecified atom stereocenters. The molecule has 3 aliphatic heterocycles. The summed E-state index contributed by atoms with van der Waals surface area (Å²) in [5.41, 5.74) is 0.587. The zero-order valence-electron chi connectivity index (χ0n) is 19.3. The van der Waals surface area contributed by atoms with E-state index in [1.807, 2.05) is 18.2 Å². The van der Waals surface area contributed by atoms with E-state index in [4.69, 9.17) is 4.99 Å². The van der Waals surface area contributed by atoms with Gasteiger partial charge < -0.3 is 5.32 Å². The lowest BCUT2D eigenvalue weighted by Crippen LogP contribution is -2.66. The normalized spacial score (nSPS) is 35.1. The molecule has 5 atom stereocenters. The molecule has 1 aromatic carbocycles. The van der Waals surface area contributed by atoms with Gasteiger partial charge in [0.1, 0.15) is 0 Å². The average molecular weight is 422 g/mol. The molecule has 0 aromatic heterocycles. The summed E-state index contributed by atoms with van der Waals surface area (Å²) in [5.74, 6) is 3.14. The zero-order chi connectivity index (χ0) is 21.4. The van der Waals surface area contributed by atoms with Gasteiger partial charge in [0.2, 0.25) is 5.91 Å². The smallest absolute Gasteiger partial charge is 0.250 e. The maximum Gasteiger partial charge on any atom is 0.250 e. The number of nitrogens with one attached hydrogen (secondary N) is 1. The number of rotatable bonds is 7. The van der Waals surface area contributed by atoms with Gasteiger partial charge in [0, 0.05) is 37.8 Å². The second-order valence-corrected chi connectivity index (χ2v) is 11.1. The Labute approximate surface area is 187 Å². The van der Waals surface area contributed by atoms with Crippen LogP contribution in [0.1, 0.15) is 64.4 Å². The highest BCUT2D eigenvalue weighted by Crippen LogP contribution is 2.55. The standard InChI is InChI=1S/C27H39N3O/c1-19(2)17-30-18-23-14-22-16-29-27(23,26(31)28-15-21-11-7-4-8-12-21)25(30)24(22)13-20-9-5-3-6-10-20/h4,7-8,11-12,16,19-20,22-25H,3,5-6,9-10,13-15,17-18H2,1-2H3,(H,28,31). The van der Waals surface area contributed by atoms with Crippen molar-refractivity contribution in [1.29, 1.82) is 0 Å². The van der Waals surface area contributed by atoms with E-state index in [9.17, 15) is 4.79 Å². The van der Waals surface area contributed by atoms with E-state index in [2.05, 4.69) is 42.4 Å². The predicted octanol–water partition coefficient (Wildman–Crippen LogP) is 4.69. The summed E-state index contributed by atoms with van der Waals surface area (Å²) >= 11 is 0. The second kappa shape index (κ2) is 8.69. The van der Waals surface area contributed by atoms with Gasteiger partial charge in [-0.2, -0.15) is 0 Å². The minimum Gasteiger partial charge on any atom is -0.350 e. The molecule has 4 heteroatoms. The van der Waals surface area contributed by atoms with Crippen molar-refractivity contribution in [3.8, 4) is 0 Å². The van der Waals surface area contributed by atoms with Gasteiger partial charge in [0.15, 0.2) is 5.54 Å². The molecule has 31 heavy (non-hydrogen) atoms. The van der Waals surface area contributed by atoms with E-state index in [1.54, 1.807) is 0 Å². The number of hydrogen-bond acceptors (Lipinski definition) is 3. The summed E-state index contributed by atoms with van der Waals surface area (Å²) in [6.07, 6.45) is 11.6. The fourth-order valence-corrected chi connectivity index (χ4v) is 7.28. The lowest BCUT2D eigenvalue weighted by molar-refractivity contribution is -0.132. The minimum absolute atomic E-state index is 0.167. The SMILES string of the molecule is CC(C)CN1CC2CC3C=NC2(C(=O)NCc2ccccc2)C1C3CC1CCCCC1. The molecule has 1 aromatic rings. The van der Waals surface area contributed by atoms with Gasteiger partial charge in [-0.1, -0.05) is 76.3 Å². The van der Waals surface area contributed by atoms with Crippen LogP contribution in [-0.4, -0.2) is 41.7 Å². The van der Waals surface area contributed by atoms with Crippen LogP contribution in [0.2, 0.25) is 0 Å². The third-order valence-corrected chi connectivity index (χ3v) is 8.50. The first-order valence-electron chi connectivity index (χ1n) is 12.7. The van der Waals surface area contributed by atoms with E-state index >= 15 is 0 Å². The van der Waals surface area contributed by atoms with Crippen LogP contribution >= 0.6 is 0 Å². The Hall–Kier alpha value is -1.68. The second-order valence-electron chi connectivity index (χ2n) is 11.1. The monoisotopic (exact) mass is 421 g/mol. The summed E-state index contributed by atoms with van der Waals surface area (Å²) in [5, 5.41) is 3.30. The molecule has 0 radical (unpaired) electrons. The summed E-state index contributed by atoms with van der Waals surface area (Å²) in [6, 6.07) is 10.6. The number of carbonyl (C=O) groups excluding carboxylic acids is 1. The molecule has 2 saturated carbocycles. The van der Waals surface area contributed by atoms with Crippen molar-refractivity contribution < 1.29 is 4.79 Å². The quantitative estimate of drug-likeness (QED) is 0.694. The van der Waals surface area contributed by atoms with Gasteiger partial charge in [0.25, 0.3) is 0 Å². The van der Waals surface area contributed by atoms with Crippen LogP contribution in [0.15, 0.2) is 35.3 Å². The average Bonchev–Trinajstić information content (AvgIpc) is 3.04. The molecule has 1 N–H and O–H groups in total. The van der Waals surface area contributed by atoms with E-state index in [0.29, 0.717) is 30.2 Å². The molecular formula is C27H39N3O. The van der Waals surface area contributed by atoms with Gasteiger partial charge in [0.05, 0.1) is 0 Å². The van der Waals surface area contributed by atoms with Crippen molar-refractivity contribution in [2.45, 2.75) is 76.9 Å². The zero-order valence-corrected chi connectivity index (χ0v) is 19.3. The Bertz CT molecular complexity index is 800. The lowest BCUT2D eigenvalue weighted by atomic mass is 9.58. The molecule has 0 spiro atoms. The number of benzene rings is 1. The molecule has 1 amide bonds. The number of likely N-dealkylation sites (tertiary alicyclic amines) is 1. The van der Waals surface area contributed by atoms with Gasteiger partial charge >= 0.3 is 0 Å². The molecular weight excluding hydrogens is 382 g/mol. The number of carbonyl (C=O) groups is 1. The molecule has 1 saturated heterocycles. The lowest BCUT2D eigenvalue weighted by Gasteiger charge is -2.52. The summed E-state index contributed by atoms with van der Waals surface area (Å²) in [6.45, 7) is 7.33. The maximum atomic E-state index is 13.8. The third-order valence-electron chi connectivity index (χ3n) is 8.50. The van der Waals surface area contributed by atoms with Crippen LogP contribution in [0, 0.1) is 29.6 Å². The van der Waals surface area contributed by atoms with Crippen molar-refractivity contribution in [3.63, 3.8) is 0 Å². The molecule has 168 valence electrons. The molecule has 4 bridgehead atoms. The molecule has 2 aliphatic carbocycles. The fraction of sp³-hybridized carbons (Fsp3) is 0.704. The third kappa shape index (κ3) is 3.86. The highest BCUT2D eigenvalue weighted by Gasteiger charge is 2.67. The Morgan fingerprint density at radius 1 is 1.19 bits per heavy atom. The fourth-order valence-electron chi connectivity index (χ4n) is 7.28. The topological polar surface area (TPSA) is 44.7 Å². The van der Waals surface area contributed by atoms with Gasteiger partial charge in [-0.15, -0.1) is 0 Å². The van der Waals surface area contributed by atoms with Crippen LogP contribution in [0.25, 0.3) is 0 Å². The summed E-state index contributed by atoms with van der Waals surface area (Å²) in [7, 11) is 0. The van der Waals surface area contributed by atoms with Crippen molar-refractivity contribution in [2.24, 2.45) is 34.6 Å². The summed E-state index contributed by atoms with van der Waals surface area (Å²) < 4.78 is 0. The van der Waals surface area contributed by atoms with Crippen molar-refractivity contribution in [3.05, 3.63) is 35.9 Å². The van der Waals surface area contributed by atoms with Gasteiger partial charge in [-0.25, -0.2) is 0 Å². The Kier molecular flexibility index (Phi) is 5.94. The first-order chi connectivity index (χ1) is 15.1. The van der Waals surface area contributed by atoms with Gasteiger partial charge in [-0.05, 0) is 42.1 Å². The first-order valence-corrected chi connectivity index (χ1v) is 12.7. The van der Waals surface area contributed by atoms with E-state index in [-0.39, 0.29) is 11.9 Å². The van der Waals surface area contributed by atoms with Crippen LogP contribution < -0.4 is 5.32 Å². The Balaban J connectivity index is 1.41. The first kappa shape index (κ1) is 21.2. The van der Waals surface area contributed by atoms with E-state index < -0.39 is 5.54 Å². The maximum absolute atomic E-state index is 13.8. The summed E-state index contributed by atoms with van der Waals surface area (Å²) in [4.78, 5) is 21.6. The number of amides is 1. The Morgan fingerprint density at radius 3 is 2.71 bits per heavy atom. The van der Waals surface area contributed by atoms with E-state index in [0.717, 1.165) is 31.0 Å². The van der Waals surface area contributed by atoms with Crippen molar-refractivity contribution in [2.75, 3.05) is 13.1 Å². The highest BCUT2D eigenvalue weighted by atomic mass is 16.2. The van der Waals surface area contributed by atoms with Crippen LogP contribution in [0.5, 0.6) is 0 Å². The molecule has 6 rings (SSSR count). The Morgan fingerprint density at radius 2 is 1.97 bits per heavy atom. The predicted molar refractivity (Wildman–Crippen MR) is 126 cm³/mol. The number of hydrogen-bond donors (Lipinski definition) is 1. The molecule has 4 nitrogen and oxygen atoms in total. The van der Waals surface area contributed by atoms with E-state index in [1.165, 1.54) is 38.5 Å². The largest absolute Gasteiger partial charge is 0.350 e.